The van der Waals surface area contributed by atoms with Crippen LogP contribution >= 0.6 is 11.6 Å². The van der Waals surface area contributed by atoms with Crippen LogP contribution in [0.1, 0.15) is 35.0 Å². The minimum atomic E-state index is -0.252. The van der Waals surface area contributed by atoms with E-state index in [2.05, 4.69) is 35.1 Å². The highest BCUT2D eigenvalue weighted by Crippen LogP contribution is 2.40. The second-order valence-electron chi connectivity index (χ2n) is 8.78. The zero-order valence-corrected chi connectivity index (χ0v) is 18.9. The Labute approximate surface area is 188 Å². The molecule has 1 unspecified atom stereocenters. The van der Waals surface area contributed by atoms with E-state index in [0.717, 1.165) is 52.7 Å². The molecule has 1 fully saturated rings. The van der Waals surface area contributed by atoms with E-state index >= 15 is 0 Å². The third-order valence-corrected chi connectivity index (χ3v) is 7.01. The quantitative estimate of drug-likeness (QED) is 0.654. The van der Waals surface area contributed by atoms with Crippen molar-refractivity contribution in [2.45, 2.75) is 44.9 Å². The summed E-state index contributed by atoms with van der Waals surface area (Å²) in [5.74, 6) is 0.838. The first kappa shape index (κ1) is 20.6. The molecule has 1 saturated heterocycles. The van der Waals surface area contributed by atoms with E-state index in [1.807, 2.05) is 42.9 Å². The van der Waals surface area contributed by atoms with Crippen molar-refractivity contribution in [3.05, 3.63) is 70.0 Å². The summed E-state index contributed by atoms with van der Waals surface area (Å²) in [6, 6.07) is 14.6. The minimum Gasteiger partial charge on any atom is -0.484 e. The molecule has 6 heteroatoms. The molecular formula is C25H28ClN3O2. The van der Waals surface area contributed by atoms with Gasteiger partial charge in [0.2, 0.25) is 0 Å². The first-order chi connectivity index (χ1) is 14.9. The summed E-state index contributed by atoms with van der Waals surface area (Å²) in [6.07, 6.45) is 1.37. The Balaban J connectivity index is 1.43. The van der Waals surface area contributed by atoms with Crippen LogP contribution in [0.3, 0.4) is 0 Å². The Morgan fingerprint density at radius 3 is 2.55 bits per heavy atom. The number of benzene rings is 2. The van der Waals surface area contributed by atoms with Crippen molar-refractivity contribution in [1.29, 1.82) is 0 Å². The van der Waals surface area contributed by atoms with Gasteiger partial charge in [0.1, 0.15) is 11.9 Å². The number of fused-ring (bicyclic) bond motifs is 1. The van der Waals surface area contributed by atoms with Gasteiger partial charge in [0, 0.05) is 36.4 Å². The van der Waals surface area contributed by atoms with Crippen LogP contribution in [0.15, 0.2) is 42.5 Å². The highest BCUT2D eigenvalue weighted by Gasteiger charge is 2.40. The van der Waals surface area contributed by atoms with Crippen LogP contribution in [0.2, 0.25) is 5.02 Å². The first-order valence-corrected chi connectivity index (χ1v) is 11.3. The molecule has 3 atom stereocenters. The number of hydrogen-bond donors (Lipinski definition) is 1. The van der Waals surface area contributed by atoms with Gasteiger partial charge in [-0.05, 0) is 67.6 Å². The van der Waals surface area contributed by atoms with E-state index in [1.165, 1.54) is 11.1 Å². The molecule has 0 bridgehead atoms. The number of rotatable bonds is 4. The van der Waals surface area contributed by atoms with Crippen molar-refractivity contribution in [2.24, 2.45) is 7.05 Å². The van der Waals surface area contributed by atoms with Gasteiger partial charge in [0.25, 0.3) is 0 Å². The lowest BCUT2D eigenvalue weighted by Crippen LogP contribution is -2.39. The second kappa shape index (κ2) is 7.97. The van der Waals surface area contributed by atoms with E-state index in [1.54, 1.807) is 0 Å². The van der Waals surface area contributed by atoms with E-state index in [-0.39, 0.29) is 18.2 Å². The number of β-amino-alcohol motifs (C(OH)–C–C–N with tert-alkyl or cyclic N) is 1. The van der Waals surface area contributed by atoms with E-state index < -0.39 is 0 Å². The van der Waals surface area contributed by atoms with Crippen LogP contribution in [0.5, 0.6) is 5.75 Å². The molecule has 2 aliphatic rings. The number of aliphatic hydroxyl groups is 1. The Morgan fingerprint density at radius 1 is 1.13 bits per heavy atom. The maximum Gasteiger partial charge on any atom is 0.140 e. The number of nitrogens with zero attached hydrogens (tertiary/aromatic N) is 3. The lowest BCUT2D eigenvalue weighted by atomic mass is 10.0. The molecule has 31 heavy (non-hydrogen) atoms. The highest BCUT2D eigenvalue weighted by atomic mass is 35.5. The Bertz CT molecular complexity index is 1110. The van der Waals surface area contributed by atoms with Gasteiger partial charge in [-0.2, -0.15) is 5.10 Å². The van der Waals surface area contributed by atoms with Crippen molar-refractivity contribution < 1.29 is 9.84 Å². The predicted molar refractivity (Wildman–Crippen MR) is 123 cm³/mol. The fourth-order valence-electron chi connectivity index (χ4n) is 5.13. The average Bonchev–Trinajstić information content (AvgIpc) is 3.39. The number of halogens is 1. The number of aliphatic hydroxyl groups excluding tert-OH is 1. The summed E-state index contributed by atoms with van der Waals surface area (Å²) in [5.41, 5.74) is 6.93. The highest BCUT2D eigenvalue weighted by molar-refractivity contribution is 6.30. The van der Waals surface area contributed by atoms with Crippen molar-refractivity contribution in [3.8, 4) is 16.9 Å². The number of hydrogen-bond acceptors (Lipinski definition) is 4. The van der Waals surface area contributed by atoms with E-state index in [4.69, 9.17) is 16.3 Å². The normalized spacial score (nSPS) is 23.3. The molecule has 162 valence electrons. The van der Waals surface area contributed by atoms with Crippen LogP contribution in [-0.4, -0.2) is 45.0 Å². The van der Waals surface area contributed by atoms with Crippen LogP contribution < -0.4 is 4.74 Å². The molecule has 5 rings (SSSR count). The van der Waals surface area contributed by atoms with Gasteiger partial charge in [0.15, 0.2) is 0 Å². The lowest BCUT2D eigenvalue weighted by molar-refractivity contribution is 0.0818. The maximum atomic E-state index is 10.1. The molecule has 0 amide bonds. The molecule has 2 heterocycles. The molecule has 2 aromatic carbocycles. The third kappa shape index (κ3) is 3.75. The van der Waals surface area contributed by atoms with Crippen LogP contribution in [0.25, 0.3) is 11.1 Å². The van der Waals surface area contributed by atoms with Gasteiger partial charge in [-0.3, -0.25) is 9.58 Å². The summed E-state index contributed by atoms with van der Waals surface area (Å²) < 4.78 is 8.49. The van der Waals surface area contributed by atoms with Crippen LogP contribution in [0, 0.1) is 13.8 Å². The van der Waals surface area contributed by atoms with Crippen molar-refractivity contribution in [3.63, 3.8) is 0 Å². The number of aromatic nitrogens is 2. The van der Waals surface area contributed by atoms with Gasteiger partial charge in [-0.1, -0.05) is 29.8 Å². The van der Waals surface area contributed by atoms with Crippen molar-refractivity contribution in [1.82, 2.24) is 14.7 Å². The predicted octanol–water partition coefficient (Wildman–Crippen LogP) is 4.47. The molecule has 0 saturated carbocycles. The largest absolute Gasteiger partial charge is 0.484 e. The number of ether oxygens (including phenoxy) is 1. The fraction of sp³-hybridized carbons (Fsp3) is 0.400. The summed E-state index contributed by atoms with van der Waals surface area (Å²) in [5, 5.41) is 15.3. The topological polar surface area (TPSA) is 50.5 Å². The second-order valence-corrected chi connectivity index (χ2v) is 9.22. The van der Waals surface area contributed by atoms with Gasteiger partial charge in [-0.25, -0.2) is 0 Å². The average molecular weight is 438 g/mol. The fourth-order valence-corrected chi connectivity index (χ4v) is 5.31. The summed E-state index contributed by atoms with van der Waals surface area (Å²) in [4.78, 5) is 2.36. The molecule has 1 aromatic heterocycles. The number of aryl methyl sites for hydroxylation is 2. The molecule has 1 aliphatic heterocycles. The minimum absolute atomic E-state index is 0.105. The Morgan fingerprint density at radius 2 is 1.90 bits per heavy atom. The molecule has 5 nitrogen and oxygen atoms in total. The van der Waals surface area contributed by atoms with Crippen LogP contribution in [-0.2, 0) is 13.5 Å². The zero-order chi connectivity index (χ0) is 21.7. The monoisotopic (exact) mass is 437 g/mol. The van der Waals surface area contributed by atoms with Crippen molar-refractivity contribution in [2.75, 3.05) is 13.1 Å². The van der Waals surface area contributed by atoms with Gasteiger partial charge < -0.3 is 9.84 Å². The maximum absolute atomic E-state index is 10.1. The SMILES string of the molecule is Cc1nn(C)c(C)c1-c1ccc(O[C@H]2c3cc(Cl)ccc3CC2N2CC[C@@H](O)C2)cc1. The third-order valence-electron chi connectivity index (χ3n) is 6.77. The summed E-state index contributed by atoms with van der Waals surface area (Å²) in [7, 11) is 1.97. The smallest absolute Gasteiger partial charge is 0.140 e. The molecular weight excluding hydrogens is 410 g/mol. The zero-order valence-electron chi connectivity index (χ0n) is 18.2. The molecule has 0 spiro atoms. The molecule has 0 radical (unpaired) electrons. The van der Waals surface area contributed by atoms with E-state index in [9.17, 15) is 5.11 Å². The standard InChI is InChI=1S/C25H28ClN3O2/c1-15-24(16(2)28(3)27-15)17-5-8-21(9-6-17)31-25-22-13-19(26)7-4-18(22)12-23(25)29-11-10-20(30)14-29/h4-9,13,20,23,25,30H,10-12,14H2,1-3H3/t20-,23?,25+/m1/s1. The Kier molecular flexibility index (Phi) is 5.29. The molecule has 1 aliphatic carbocycles. The summed E-state index contributed by atoms with van der Waals surface area (Å²) >= 11 is 6.33. The van der Waals surface area contributed by atoms with Crippen molar-refractivity contribution >= 4 is 11.6 Å². The number of likely N-dealkylation sites (tertiary alicyclic amines) is 1. The van der Waals surface area contributed by atoms with Gasteiger partial charge >= 0.3 is 0 Å². The molecule has 3 aromatic rings. The first-order valence-electron chi connectivity index (χ1n) is 10.9. The van der Waals surface area contributed by atoms with Gasteiger partial charge in [0.05, 0.1) is 17.8 Å². The lowest BCUT2D eigenvalue weighted by Gasteiger charge is -2.30. The van der Waals surface area contributed by atoms with Crippen LogP contribution in [0.4, 0.5) is 0 Å². The van der Waals surface area contributed by atoms with Gasteiger partial charge in [-0.15, -0.1) is 0 Å². The van der Waals surface area contributed by atoms with E-state index in [0.29, 0.717) is 6.54 Å². The molecule has 1 N–H and O–H groups in total. The Hall–Kier alpha value is -2.34. The summed E-state index contributed by atoms with van der Waals surface area (Å²) in [6.45, 7) is 5.73.